The highest BCUT2D eigenvalue weighted by Gasteiger charge is 2.11. The van der Waals surface area contributed by atoms with Crippen LogP contribution in [-0.2, 0) is 0 Å². The molecule has 0 saturated heterocycles. The summed E-state index contributed by atoms with van der Waals surface area (Å²) in [5.41, 5.74) is 1.09. The number of nitrogens with one attached hydrogen (secondary N) is 1. The lowest BCUT2D eigenvalue weighted by molar-refractivity contribution is 0.0817. The minimum absolute atomic E-state index is 0.224. The highest BCUT2D eigenvalue weighted by Crippen LogP contribution is 2.23. The van der Waals surface area contributed by atoms with Gasteiger partial charge in [-0.2, -0.15) is 0 Å². The minimum Gasteiger partial charge on any atom is -0.486 e. The second kappa shape index (κ2) is 5.80. The molecular weight excluding hydrogens is 312 g/mol. The molecule has 1 N–H and O–H groups in total. The van der Waals surface area contributed by atoms with Gasteiger partial charge in [-0.1, -0.05) is 0 Å². The number of H-pyrrole nitrogens is 1. The van der Waals surface area contributed by atoms with Crippen molar-refractivity contribution >= 4 is 21.6 Å². The number of aryl methyl sites for hydroxylation is 1. The van der Waals surface area contributed by atoms with E-state index in [1.165, 1.54) is 23.6 Å². The Morgan fingerprint density at radius 2 is 2.23 bits per heavy atom. The molecule has 3 aromatic heterocycles. The normalized spacial score (nSPS) is 11.3. The number of alkyl halides is 2. The molecule has 0 atom stereocenters. The number of aromatic nitrogens is 3. The zero-order chi connectivity index (χ0) is 15.7. The highest BCUT2D eigenvalue weighted by molar-refractivity contribution is 7.16. The third kappa shape index (κ3) is 2.82. The summed E-state index contributed by atoms with van der Waals surface area (Å²) >= 11 is 1.38. The van der Waals surface area contributed by atoms with Crippen molar-refractivity contribution in [3.05, 3.63) is 39.6 Å². The van der Waals surface area contributed by atoms with Gasteiger partial charge in [0.1, 0.15) is 22.9 Å². The van der Waals surface area contributed by atoms with Crippen LogP contribution in [0, 0.1) is 6.92 Å². The van der Waals surface area contributed by atoms with Gasteiger partial charge in [0.15, 0.2) is 5.82 Å². The molecule has 3 rings (SSSR count). The number of halogens is 2. The molecule has 3 heterocycles. The molecule has 0 amide bonds. The molecule has 5 nitrogen and oxygen atoms in total. The van der Waals surface area contributed by atoms with Crippen molar-refractivity contribution in [3.63, 3.8) is 0 Å². The quantitative estimate of drug-likeness (QED) is 0.801. The SMILES string of the molecule is Cc1csc2nc(-c3ccc(OCC(F)F)cn3)[nH]c(=O)c12. The fourth-order valence-corrected chi connectivity index (χ4v) is 2.90. The number of ether oxygens (including phenoxy) is 1. The van der Waals surface area contributed by atoms with Crippen LogP contribution in [0.5, 0.6) is 5.75 Å². The molecule has 0 unspecified atom stereocenters. The Bertz CT molecular complexity index is 859. The molecule has 0 bridgehead atoms. The average molecular weight is 323 g/mol. The van der Waals surface area contributed by atoms with Crippen LogP contribution in [0.1, 0.15) is 5.56 Å². The predicted octanol–water partition coefficient (Wildman–Crippen LogP) is 3.00. The maximum atomic E-state index is 12.1. The van der Waals surface area contributed by atoms with Gasteiger partial charge in [0, 0.05) is 0 Å². The maximum absolute atomic E-state index is 12.1. The summed E-state index contributed by atoms with van der Waals surface area (Å²) in [6, 6.07) is 3.07. The summed E-state index contributed by atoms with van der Waals surface area (Å²) in [4.78, 5) is 23.8. The van der Waals surface area contributed by atoms with E-state index in [0.717, 1.165) is 5.56 Å². The van der Waals surface area contributed by atoms with Gasteiger partial charge in [0.05, 0.1) is 11.6 Å². The van der Waals surface area contributed by atoms with Crippen LogP contribution < -0.4 is 10.3 Å². The number of hydrogen-bond donors (Lipinski definition) is 1. The monoisotopic (exact) mass is 323 g/mol. The van der Waals surface area contributed by atoms with E-state index >= 15 is 0 Å². The van der Waals surface area contributed by atoms with E-state index in [1.54, 1.807) is 6.07 Å². The van der Waals surface area contributed by atoms with Gasteiger partial charge in [0.2, 0.25) is 0 Å². The van der Waals surface area contributed by atoms with Gasteiger partial charge in [-0.3, -0.25) is 4.79 Å². The summed E-state index contributed by atoms with van der Waals surface area (Å²) in [6.45, 7) is 1.17. The Labute approximate surface area is 127 Å². The molecule has 3 aromatic rings. The van der Waals surface area contributed by atoms with Crippen LogP contribution >= 0.6 is 11.3 Å². The molecule has 0 radical (unpaired) electrons. The van der Waals surface area contributed by atoms with E-state index in [1.807, 2.05) is 12.3 Å². The molecule has 8 heteroatoms. The van der Waals surface area contributed by atoms with Crippen molar-refractivity contribution < 1.29 is 13.5 Å². The van der Waals surface area contributed by atoms with E-state index in [-0.39, 0.29) is 11.3 Å². The lowest BCUT2D eigenvalue weighted by Gasteiger charge is -2.05. The first-order valence-electron chi connectivity index (χ1n) is 6.40. The molecular formula is C14H11F2N3O2S. The van der Waals surface area contributed by atoms with Gasteiger partial charge in [-0.25, -0.2) is 18.7 Å². The second-order valence-corrected chi connectivity index (χ2v) is 5.45. The average Bonchev–Trinajstić information content (AvgIpc) is 2.87. The highest BCUT2D eigenvalue weighted by atomic mass is 32.1. The first kappa shape index (κ1) is 14.6. The van der Waals surface area contributed by atoms with Gasteiger partial charge >= 0.3 is 0 Å². The van der Waals surface area contributed by atoms with E-state index < -0.39 is 13.0 Å². The van der Waals surface area contributed by atoms with E-state index in [0.29, 0.717) is 21.7 Å². The van der Waals surface area contributed by atoms with Crippen LogP contribution in [0.15, 0.2) is 28.5 Å². The van der Waals surface area contributed by atoms with Crippen molar-refractivity contribution in [2.24, 2.45) is 0 Å². The zero-order valence-corrected chi connectivity index (χ0v) is 12.3. The van der Waals surface area contributed by atoms with Crippen molar-refractivity contribution in [2.75, 3.05) is 6.61 Å². The topological polar surface area (TPSA) is 67.9 Å². The van der Waals surface area contributed by atoms with Crippen LogP contribution in [0.25, 0.3) is 21.7 Å². The van der Waals surface area contributed by atoms with E-state index in [2.05, 4.69) is 15.0 Å². The van der Waals surface area contributed by atoms with Crippen molar-refractivity contribution in [3.8, 4) is 17.3 Å². The number of pyridine rings is 1. The Morgan fingerprint density at radius 3 is 2.91 bits per heavy atom. The summed E-state index contributed by atoms with van der Waals surface area (Å²) in [7, 11) is 0. The molecule has 0 aromatic carbocycles. The summed E-state index contributed by atoms with van der Waals surface area (Å²) < 4.78 is 29.0. The largest absolute Gasteiger partial charge is 0.486 e. The van der Waals surface area contributed by atoms with Crippen molar-refractivity contribution in [1.82, 2.24) is 15.0 Å². The third-order valence-corrected chi connectivity index (χ3v) is 3.97. The van der Waals surface area contributed by atoms with Crippen molar-refractivity contribution in [2.45, 2.75) is 13.3 Å². The molecule has 22 heavy (non-hydrogen) atoms. The minimum atomic E-state index is -2.54. The molecule has 0 spiro atoms. The maximum Gasteiger partial charge on any atom is 0.272 e. The fraction of sp³-hybridized carbons (Fsp3) is 0.214. The van der Waals surface area contributed by atoms with Crippen LogP contribution in [0.2, 0.25) is 0 Å². The first-order chi connectivity index (χ1) is 10.5. The number of rotatable bonds is 4. The Morgan fingerprint density at radius 1 is 1.41 bits per heavy atom. The van der Waals surface area contributed by atoms with Gasteiger partial charge in [0.25, 0.3) is 12.0 Å². The molecule has 0 aliphatic heterocycles. The smallest absolute Gasteiger partial charge is 0.272 e. The fourth-order valence-electron chi connectivity index (χ4n) is 1.97. The first-order valence-corrected chi connectivity index (χ1v) is 7.28. The van der Waals surface area contributed by atoms with Gasteiger partial charge < -0.3 is 9.72 Å². The van der Waals surface area contributed by atoms with Crippen LogP contribution in [0.3, 0.4) is 0 Å². The number of thiophene rings is 1. The summed E-state index contributed by atoms with van der Waals surface area (Å²) in [6.07, 6.45) is -1.22. The van der Waals surface area contributed by atoms with Gasteiger partial charge in [-0.15, -0.1) is 11.3 Å². The van der Waals surface area contributed by atoms with Crippen LogP contribution in [0.4, 0.5) is 8.78 Å². The number of fused-ring (bicyclic) bond motifs is 1. The summed E-state index contributed by atoms with van der Waals surface area (Å²) in [5.74, 6) is 0.569. The Kier molecular flexibility index (Phi) is 3.84. The van der Waals surface area contributed by atoms with Crippen molar-refractivity contribution in [1.29, 1.82) is 0 Å². The van der Waals surface area contributed by atoms with Gasteiger partial charge in [-0.05, 0) is 30.0 Å². The van der Waals surface area contributed by atoms with E-state index in [9.17, 15) is 13.6 Å². The predicted molar refractivity (Wildman–Crippen MR) is 79.7 cm³/mol. The molecule has 0 aliphatic rings. The number of aromatic amines is 1. The standard InChI is InChI=1S/C14H11F2N3O2S/c1-7-6-22-14-11(7)13(20)18-12(19-14)9-3-2-8(4-17-9)21-5-10(15)16/h2-4,6,10H,5H2,1H3,(H,18,19,20). The second-order valence-electron chi connectivity index (χ2n) is 4.59. The molecule has 114 valence electrons. The summed E-state index contributed by atoms with van der Waals surface area (Å²) in [5, 5.41) is 2.44. The number of nitrogens with zero attached hydrogens (tertiary/aromatic N) is 2. The Hall–Kier alpha value is -2.35. The van der Waals surface area contributed by atoms with Crippen LogP contribution in [-0.4, -0.2) is 28.0 Å². The van der Waals surface area contributed by atoms with E-state index in [4.69, 9.17) is 4.74 Å². The third-order valence-electron chi connectivity index (χ3n) is 2.98. The lowest BCUT2D eigenvalue weighted by Crippen LogP contribution is -2.10. The molecule has 0 saturated carbocycles. The molecule has 0 aliphatic carbocycles. The zero-order valence-electron chi connectivity index (χ0n) is 11.5. The molecule has 0 fully saturated rings. The Balaban J connectivity index is 1.92. The number of hydrogen-bond acceptors (Lipinski definition) is 5. The lowest BCUT2D eigenvalue weighted by atomic mass is 10.2.